The fourth-order valence-electron chi connectivity index (χ4n) is 3.41. The lowest BCUT2D eigenvalue weighted by Crippen LogP contribution is -2.28. The van der Waals surface area contributed by atoms with Crippen molar-refractivity contribution in [3.63, 3.8) is 0 Å². The molecule has 3 heterocycles. The number of nitrogens with one attached hydrogen (secondary N) is 1. The number of hydrogen-bond acceptors (Lipinski definition) is 4. The standard InChI is InChI=1S/C22H16ClFN6O2/c1-13-2-7-16(10-17(13)23)25-20(31)12-30-22(32)28-8-9-29-19(21(28)27-30)11-18(26-29)14-3-5-15(24)6-4-14/h2-11H,12H2,1H3,(H,25,31). The minimum Gasteiger partial charge on any atom is -0.324 e. The Hall–Kier alpha value is -3.98. The first-order valence-electron chi connectivity index (χ1n) is 9.68. The Morgan fingerprint density at radius 2 is 1.88 bits per heavy atom. The smallest absolute Gasteiger partial charge is 0.324 e. The number of aromatic nitrogens is 5. The molecule has 0 fully saturated rings. The summed E-state index contributed by atoms with van der Waals surface area (Å²) in [6.07, 6.45) is 3.16. The first-order valence-corrected chi connectivity index (χ1v) is 10.1. The molecule has 0 aliphatic rings. The SMILES string of the molecule is Cc1ccc(NC(=O)Cn2nc3c4cc(-c5ccc(F)cc5)nn4ccn3c2=O)cc1Cl. The van der Waals surface area contributed by atoms with Crippen molar-refractivity contribution in [1.82, 2.24) is 23.8 Å². The van der Waals surface area contributed by atoms with Crippen molar-refractivity contribution in [2.24, 2.45) is 0 Å². The van der Waals surface area contributed by atoms with Crippen molar-refractivity contribution in [3.05, 3.63) is 87.8 Å². The van der Waals surface area contributed by atoms with Gasteiger partial charge in [-0.15, -0.1) is 5.10 Å². The third-order valence-corrected chi connectivity index (χ3v) is 5.49. The number of nitrogens with zero attached hydrogens (tertiary/aromatic N) is 5. The maximum atomic E-state index is 13.2. The topological polar surface area (TPSA) is 85.7 Å². The molecule has 5 rings (SSSR count). The molecular formula is C22H16ClFN6O2. The van der Waals surface area contributed by atoms with Gasteiger partial charge in [0, 0.05) is 28.7 Å². The fraction of sp³-hybridized carbons (Fsp3) is 0.0909. The van der Waals surface area contributed by atoms with Gasteiger partial charge in [0.25, 0.3) is 0 Å². The van der Waals surface area contributed by atoms with E-state index in [1.54, 1.807) is 47.1 Å². The fourth-order valence-corrected chi connectivity index (χ4v) is 3.59. The van der Waals surface area contributed by atoms with E-state index in [1.807, 2.05) is 6.92 Å². The Kier molecular flexibility index (Phi) is 4.75. The van der Waals surface area contributed by atoms with Gasteiger partial charge in [0.1, 0.15) is 17.9 Å². The van der Waals surface area contributed by atoms with Gasteiger partial charge in [-0.3, -0.25) is 4.79 Å². The minimum atomic E-state index is -0.455. The van der Waals surface area contributed by atoms with Crippen LogP contribution in [0.15, 0.2) is 65.7 Å². The van der Waals surface area contributed by atoms with Crippen LogP contribution in [0.3, 0.4) is 0 Å². The number of aryl methyl sites for hydroxylation is 1. The van der Waals surface area contributed by atoms with E-state index in [0.29, 0.717) is 27.6 Å². The molecule has 0 saturated heterocycles. The molecule has 1 amide bonds. The van der Waals surface area contributed by atoms with Crippen LogP contribution in [0.1, 0.15) is 5.56 Å². The summed E-state index contributed by atoms with van der Waals surface area (Å²) in [6, 6.07) is 12.9. The van der Waals surface area contributed by atoms with Crippen LogP contribution < -0.4 is 11.0 Å². The summed E-state index contributed by atoms with van der Waals surface area (Å²) < 4.78 is 17.2. The highest BCUT2D eigenvalue weighted by molar-refractivity contribution is 6.31. The average Bonchev–Trinajstić information content (AvgIpc) is 3.33. The number of fused-ring (bicyclic) bond motifs is 3. The largest absolute Gasteiger partial charge is 0.350 e. The number of amides is 1. The zero-order valence-corrected chi connectivity index (χ0v) is 17.5. The number of anilines is 1. The summed E-state index contributed by atoms with van der Waals surface area (Å²) in [5.74, 6) is -0.747. The van der Waals surface area contributed by atoms with Gasteiger partial charge in [-0.1, -0.05) is 17.7 Å². The first-order chi connectivity index (χ1) is 15.4. The second-order valence-corrected chi connectivity index (χ2v) is 7.72. The van der Waals surface area contributed by atoms with E-state index in [1.165, 1.54) is 22.7 Å². The summed E-state index contributed by atoms with van der Waals surface area (Å²) >= 11 is 6.10. The monoisotopic (exact) mass is 450 g/mol. The van der Waals surface area contributed by atoms with Crippen molar-refractivity contribution < 1.29 is 9.18 Å². The number of benzene rings is 2. The molecule has 2 aromatic carbocycles. The first kappa shape index (κ1) is 20.0. The molecule has 8 nitrogen and oxygen atoms in total. The number of carbonyl (C=O) groups excluding carboxylic acids is 1. The quantitative estimate of drug-likeness (QED) is 0.453. The third kappa shape index (κ3) is 3.52. The molecule has 0 spiro atoms. The van der Waals surface area contributed by atoms with Crippen LogP contribution >= 0.6 is 11.6 Å². The molecule has 10 heteroatoms. The Labute approximate surface area is 185 Å². The normalized spacial score (nSPS) is 11.3. The molecule has 0 saturated carbocycles. The zero-order chi connectivity index (χ0) is 22.4. The number of halogens is 2. The lowest BCUT2D eigenvalue weighted by atomic mass is 10.1. The molecule has 32 heavy (non-hydrogen) atoms. The highest BCUT2D eigenvalue weighted by Crippen LogP contribution is 2.22. The van der Waals surface area contributed by atoms with Crippen LogP contribution in [0.25, 0.3) is 22.4 Å². The summed E-state index contributed by atoms with van der Waals surface area (Å²) in [5.41, 5.74) is 3.23. The molecule has 0 radical (unpaired) electrons. The van der Waals surface area contributed by atoms with Crippen LogP contribution in [0.2, 0.25) is 5.02 Å². The Bertz CT molecular complexity index is 1550. The van der Waals surface area contributed by atoms with Gasteiger partial charge < -0.3 is 5.32 Å². The second-order valence-electron chi connectivity index (χ2n) is 7.31. The summed E-state index contributed by atoms with van der Waals surface area (Å²) in [7, 11) is 0. The van der Waals surface area contributed by atoms with Crippen molar-refractivity contribution in [1.29, 1.82) is 0 Å². The van der Waals surface area contributed by atoms with Crippen LogP contribution in [-0.2, 0) is 11.3 Å². The van der Waals surface area contributed by atoms with Crippen molar-refractivity contribution in [2.45, 2.75) is 13.5 Å². The van der Waals surface area contributed by atoms with Gasteiger partial charge >= 0.3 is 5.69 Å². The van der Waals surface area contributed by atoms with Gasteiger partial charge in [0.15, 0.2) is 5.65 Å². The third-order valence-electron chi connectivity index (χ3n) is 5.08. The van der Waals surface area contributed by atoms with Crippen LogP contribution in [0.5, 0.6) is 0 Å². The van der Waals surface area contributed by atoms with Gasteiger partial charge in [-0.05, 0) is 55.0 Å². The van der Waals surface area contributed by atoms with E-state index >= 15 is 0 Å². The average molecular weight is 451 g/mol. The van der Waals surface area contributed by atoms with Crippen molar-refractivity contribution >= 4 is 34.4 Å². The van der Waals surface area contributed by atoms with E-state index in [0.717, 1.165) is 15.8 Å². The van der Waals surface area contributed by atoms with Gasteiger partial charge in [0.05, 0.1) is 5.69 Å². The molecule has 1 N–H and O–H groups in total. The molecular weight excluding hydrogens is 435 g/mol. The summed E-state index contributed by atoms with van der Waals surface area (Å²) in [4.78, 5) is 25.2. The number of carbonyl (C=O) groups is 1. The summed E-state index contributed by atoms with van der Waals surface area (Å²) in [5, 5.41) is 12.1. The predicted octanol–water partition coefficient (Wildman–Crippen LogP) is 3.55. The van der Waals surface area contributed by atoms with E-state index < -0.39 is 11.6 Å². The molecule has 0 bridgehead atoms. The van der Waals surface area contributed by atoms with Crippen molar-refractivity contribution in [2.75, 3.05) is 5.32 Å². The highest BCUT2D eigenvalue weighted by atomic mass is 35.5. The molecule has 0 unspecified atom stereocenters. The molecule has 0 atom stereocenters. The number of hydrogen-bond donors (Lipinski definition) is 1. The Balaban J connectivity index is 1.47. The van der Waals surface area contributed by atoms with Crippen LogP contribution in [0.4, 0.5) is 10.1 Å². The maximum Gasteiger partial charge on any atom is 0.350 e. The molecule has 5 aromatic rings. The van der Waals surface area contributed by atoms with Crippen LogP contribution in [0, 0.1) is 12.7 Å². The van der Waals surface area contributed by atoms with Crippen LogP contribution in [-0.4, -0.2) is 29.7 Å². The maximum absolute atomic E-state index is 13.2. The van der Waals surface area contributed by atoms with E-state index in [2.05, 4.69) is 15.5 Å². The lowest BCUT2D eigenvalue weighted by Gasteiger charge is -2.06. The molecule has 3 aromatic heterocycles. The zero-order valence-electron chi connectivity index (χ0n) is 16.8. The Morgan fingerprint density at radius 1 is 1.09 bits per heavy atom. The predicted molar refractivity (Wildman–Crippen MR) is 118 cm³/mol. The van der Waals surface area contributed by atoms with Gasteiger partial charge in [-0.25, -0.2) is 22.8 Å². The van der Waals surface area contributed by atoms with Crippen molar-refractivity contribution in [3.8, 4) is 11.3 Å². The van der Waals surface area contributed by atoms with Gasteiger partial charge in [-0.2, -0.15) is 5.10 Å². The molecule has 160 valence electrons. The summed E-state index contributed by atoms with van der Waals surface area (Å²) in [6.45, 7) is 1.60. The number of rotatable bonds is 4. The minimum absolute atomic E-state index is 0.267. The van der Waals surface area contributed by atoms with Gasteiger partial charge in [0.2, 0.25) is 5.91 Å². The van der Waals surface area contributed by atoms with E-state index in [9.17, 15) is 14.0 Å². The molecule has 0 aliphatic heterocycles. The molecule has 0 aliphatic carbocycles. The van der Waals surface area contributed by atoms with E-state index in [4.69, 9.17) is 11.6 Å². The van der Waals surface area contributed by atoms with E-state index in [-0.39, 0.29) is 12.4 Å². The highest BCUT2D eigenvalue weighted by Gasteiger charge is 2.15. The second kappa shape index (κ2) is 7.61. The Morgan fingerprint density at radius 3 is 2.62 bits per heavy atom. The lowest BCUT2D eigenvalue weighted by molar-refractivity contribution is -0.117.